The van der Waals surface area contributed by atoms with Crippen LogP contribution in [0.4, 0.5) is 0 Å². The summed E-state index contributed by atoms with van der Waals surface area (Å²) < 4.78 is 0. The maximum Gasteiger partial charge on any atom is 0.0684 e. The Bertz CT molecular complexity index is 189. The molecule has 1 unspecified atom stereocenters. The zero-order chi connectivity index (χ0) is 10.7. The van der Waals surface area contributed by atoms with Gasteiger partial charge in [-0.25, -0.2) is 0 Å². The van der Waals surface area contributed by atoms with Crippen LogP contribution in [-0.4, -0.2) is 55.2 Å². The van der Waals surface area contributed by atoms with Crippen molar-refractivity contribution in [2.45, 2.75) is 38.3 Å². The molecule has 1 N–H and O–H groups in total. The van der Waals surface area contributed by atoms with Crippen molar-refractivity contribution in [3.05, 3.63) is 0 Å². The Hall–Kier alpha value is -0.120. The lowest BCUT2D eigenvalue weighted by Crippen LogP contribution is -2.61. The molecule has 3 nitrogen and oxygen atoms in total. The topological polar surface area (TPSA) is 18.5 Å². The molecule has 2 heterocycles. The second kappa shape index (κ2) is 4.81. The molecule has 3 heteroatoms. The van der Waals surface area contributed by atoms with Gasteiger partial charge < -0.3 is 4.90 Å². The van der Waals surface area contributed by atoms with E-state index in [1.54, 1.807) is 0 Å². The van der Waals surface area contributed by atoms with Crippen molar-refractivity contribution < 1.29 is 0 Å². The summed E-state index contributed by atoms with van der Waals surface area (Å²) in [7, 11) is 2.22. The lowest BCUT2D eigenvalue weighted by atomic mass is 10.0. The van der Waals surface area contributed by atoms with Gasteiger partial charge in [-0.05, 0) is 33.4 Å². The number of likely N-dealkylation sites (N-methyl/N-ethyl adjacent to an activating group) is 1. The standard InChI is InChI=1S/C12H25N3/c1-12(6-4-3-5-7-13-12)15-10-8-14(2)9-11-15/h13H,3-11H2,1-2H3. The van der Waals surface area contributed by atoms with Crippen molar-refractivity contribution in [2.75, 3.05) is 39.8 Å². The lowest BCUT2D eigenvalue weighted by molar-refractivity contribution is 0.0249. The van der Waals surface area contributed by atoms with E-state index < -0.39 is 0 Å². The Kier molecular flexibility index (Phi) is 3.65. The van der Waals surface area contributed by atoms with Gasteiger partial charge in [-0.2, -0.15) is 0 Å². The number of hydrogen-bond acceptors (Lipinski definition) is 3. The average Bonchev–Trinajstić information content (AvgIpc) is 2.45. The minimum atomic E-state index is 0.276. The van der Waals surface area contributed by atoms with Gasteiger partial charge in [-0.1, -0.05) is 12.8 Å². The molecule has 0 bridgehead atoms. The molecule has 2 saturated heterocycles. The SMILES string of the molecule is CN1CCN(C2(C)CCCCCN2)CC1. The summed E-state index contributed by atoms with van der Waals surface area (Å²) in [6.07, 6.45) is 5.45. The van der Waals surface area contributed by atoms with E-state index in [9.17, 15) is 0 Å². The van der Waals surface area contributed by atoms with Crippen molar-refractivity contribution >= 4 is 0 Å². The quantitative estimate of drug-likeness (QED) is 0.701. The first-order valence-electron chi connectivity index (χ1n) is 6.39. The van der Waals surface area contributed by atoms with Crippen LogP contribution in [0.2, 0.25) is 0 Å². The molecule has 2 rings (SSSR count). The Morgan fingerprint density at radius 1 is 1.00 bits per heavy atom. The summed E-state index contributed by atoms with van der Waals surface area (Å²) >= 11 is 0. The molecule has 0 spiro atoms. The maximum absolute atomic E-state index is 3.75. The highest BCUT2D eigenvalue weighted by Gasteiger charge is 2.33. The first-order valence-corrected chi connectivity index (χ1v) is 6.39. The van der Waals surface area contributed by atoms with Gasteiger partial charge in [0.05, 0.1) is 5.66 Å². The number of nitrogens with one attached hydrogen (secondary N) is 1. The van der Waals surface area contributed by atoms with Gasteiger partial charge in [0.2, 0.25) is 0 Å². The van der Waals surface area contributed by atoms with E-state index in [1.165, 1.54) is 58.4 Å². The summed E-state index contributed by atoms with van der Waals surface area (Å²) in [5.74, 6) is 0. The molecule has 2 aliphatic rings. The summed E-state index contributed by atoms with van der Waals surface area (Å²) in [5, 5.41) is 3.75. The van der Waals surface area contributed by atoms with E-state index in [0.29, 0.717) is 0 Å². The molecule has 2 aliphatic heterocycles. The van der Waals surface area contributed by atoms with E-state index in [2.05, 4.69) is 29.1 Å². The molecular weight excluding hydrogens is 186 g/mol. The fourth-order valence-electron chi connectivity index (χ4n) is 2.79. The molecule has 88 valence electrons. The minimum Gasteiger partial charge on any atom is -0.304 e. The highest BCUT2D eigenvalue weighted by molar-refractivity contribution is 4.88. The number of piperazine rings is 1. The van der Waals surface area contributed by atoms with Gasteiger partial charge in [-0.15, -0.1) is 0 Å². The number of nitrogens with zero attached hydrogens (tertiary/aromatic N) is 2. The molecule has 0 radical (unpaired) electrons. The number of rotatable bonds is 1. The molecular formula is C12H25N3. The van der Waals surface area contributed by atoms with Gasteiger partial charge in [0.25, 0.3) is 0 Å². The second-order valence-electron chi connectivity index (χ2n) is 5.30. The highest BCUT2D eigenvalue weighted by atomic mass is 15.4. The molecule has 0 saturated carbocycles. The zero-order valence-electron chi connectivity index (χ0n) is 10.3. The van der Waals surface area contributed by atoms with Crippen molar-refractivity contribution in [1.29, 1.82) is 0 Å². The predicted octanol–water partition coefficient (Wildman–Crippen LogP) is 1.11. The Morgan fingerprint density at radius 3 is 2.47 bits per heavy atom. The zero-order valence-corrected chi connectivity index (χ0v) is 10.3. The highest BCUT2D eigenvalue weighted by Crippen LogP contribution is 2.23. The van der Waals surface area contributed by atoms with Gasteiger partial charge in [0.1, 0.15) is 0 Å². The summed E-state index contributed by atoms with van der Waals surface area (Å²) in [5.41, 5.74) is 0.276. The fourth-order valence-corrected chi connectivity index (χ4v) is 2.79. The third-order valence-electron chi connectivity index (χ3n) is 4.05. The van der Waals surface area contributed by atoms with Crippen LogP contribution in [0, 0.1) is 0 Å². The molecule has 1 atom stereocenters. The predicted molar refractivity (Wildman–Crippen MR) is 63.9 cm³/mol. The van der Waals surface area contributed by atoms with E-state index in [1.807, 2.05) is 0 Å². The molecule has 0 aromatic rings. The van der Waals surface area contributed by atoms with Gasteiger partial charge in [-0.3, -0.25) is 10.2 Å². The monoisotopic (exact) mass is 211 g/mol. The van der Waals surface area contributed by atoms with Crippen molar-refractivity contribution in [3.63, 3.8) is 0 Å². The second-order valence-corrected chi connectivity index (χ2v) is 5.30. The molecule has 2 fully saturated rings. The van der Waals surface area contributed by atoms with Gasteiger partial charge in [0.15, 0.2) is 0 Å². The summed E-state index contributed by atoms with van der Waals surface area (Å²) in [4.78, 5) is 5.08. The van der Waals surface area contributed by atoms with Crippen LogP contribution >= 0.6 is 0 Å². The van der Waals surface area contributed by atoms with Gasteiger partial charge in [0, 0.05) is 26.2 Å². The van der Waals surface area contributed by atoms with E-state index >= 15 is 0 Å². The molecule has 0 aliphatic carbocycles. The van der Waals surface area contributed by atoms with Crippen LogP contribution in [0.5, 0.6) is 0 Å². The van der Waals surface area contributed by atoms with Crippen molar-refractivity contribution in [2.24, 2.45) is 0 Å². The van der Waals surface area contributed by atoms with Crippen LogP contribution in [-0.2, 0) is 0 Å². The van der Waals surface area contributed by atoms with Crippen molar-refractivity contribution in [3.8, 4) is 0 Å². The Morgan fingerprint density at radius 2 is 1.73 bits per heavy atom. The fraction of sp³-hybridized carbons (Fsp3) is 1.00. The average molecular weight is 211 g/mol. The van der Waals surface area contributed by atoms with Crippen molar-refractivity contribution in [1.82, 2.24) is 15.1 Å². The third kappa shape index (κ3) is 2.71. The van der Waals surface area contributed by atoms with E-state index in [4.69, 9.17) is 0 Å². The van der Waals surface area contributed by atoms with E-state index in [-0.39, 0.29) is 5.66 Å². The smallest absolute Gasteiger partial charge is 0.0684 e. The molecule has 0 amide bonds. The van der Waals surface area contributed by atoms with Crippen LogP contribution in [0.3, 0.4) is 0 Å². The molecule has 15 heavy (non-hydrogen) atoms. The van der Waals surface area contributed by atoms with Gasteiger partial charge >= 0.3 is 0 Å². The van der Waals surface area contributed by atoms with Crippen LogP contribution in [0.15, 0.2) is 0 Å². The molecule has 0 aromatic carbocycles. The Labute approximate surface area is 93.8 Å². The number of hydrogen-bond donors (Lipinski definition) is 1. The lowest BCUT2D eigenvalue weighted by Gasteiger charge is -2.45. The summed E-state index contributed by atoms with van der Waals surface area (Å²) in [6, 6.07) is 0. The van der Waals surface area contributed by atoms with Crippen LogP contribution in [0.25, 0.3) is 0 Å². The van der Waals surface area contributed by atoms with Crippen LogP contribution < -0.4 is 5.32 Å². The summed E-state index contributed by atoms with van der Waals surface area (Å²) in [6.45, 7) is 8.47. The Balaban J connectivity index is 1.94. The largest absolute Gasteiger partial charge is 0.304 e. The maximum atomic E-state index is 3.75. The van der Waals surface area contributed by atoms with E-state index in [0.717, 1.165) is 0 Å². The molecule has 0 aromatic heterocycles. The third-order valence-corrected chi connectivity index (χ3v) is 4.05. The normalized spacial score (nSPS) is 36.4. The minimum absolute atomic E-state index is 0.276. The van der Waals surface area contributed by atoms with Crippen LogP contribution in [0.1, 0.15) is 32.6 Å². The first-order chi connectivity index (χ1) is 7.21. The first kappa shape index (κ1) is 11.4.